The summed E-state index contributed by atoms with van der Waals surface area (Å²) in [4.78, 5) is 5.94. The van der Waals surface area contributed by atoms with Crippen molar-refractivity contribution in [1.29, 1.82) is 0 Å². The van der Waals surface area contributed by atoms with Crippen molar-refractivity contribution in [2.75, 3.05) is 0 Å². The third-order valence-corrected chi connectivity index (χ3v) is 4.22. The van der Waals surface area contributed by atoms with Crippen LogP contribution in [0.4, 0.5) is 0 Å². The lowest BCUT2D eigenvalue weighted by Crippen LogP contribution is -2.34. The molecule has 1 aromatic carbocycles. The number of aryl methyl sites for hydroxylation is 1. The van der Waals surface area contributed by atoms with Gasteiger partial charge in [0.2, 0.25) is 0 Å². The van der Waals surface area contributed by atoms with Crippen LogP contribution in [0.5, 0.6) is 0 Å². The summed E-state index contributed by atoms with van der Waals surface area (Å²) in [6.45, 7) is 9.44. The normalized spacial score (nSPS) is 11.8. The molecule has 0 spiro atoms. The van der Waals surface area contributed by atoms with E-state index in [9.17, 15) is 0 Å². The van der Waals surface area contributed by atoms with Crippen LogP contribution in [0.1, 0.15) is 31.3 Å². The Hall–Kier alpha value is -0.900. The number of rotatable bonds is 3. The van der Waals surface area contributed by atoms with Crippen molar-refractivity contribution in [3.63, 3.8) is 0 Å². The van der Waals surface area contributed by atoms with Crippen LogP contribution in [0.25, 0.3) is 10.6 Å². The highest BCUT2D eigenvalue weighted by atomic mass is 35.5. The SMILES string of the molecule is Cc1nc(-c2ccc(Cl)cc2)sc1CNC(C)(C)C. The maximum Gasteiger partial charge on any atom is 0.123 e. The number of thiazole rings is 1. The number of nitrogens with zero attached hydrogens (tertiary/aromatic N) is 1. The molecule has 0 aliphatic heterocycles. The van der Waals surface area contributed by atoms with Gasteiger partial charge in [-0.15, -0.1) is 11.3 Å². The van der Waals surface area contributed by atoms with Gasteiger partial charge in [-0.05, 0) is 39.8 Å². The third kappa shape index (κ3) is 4.03. The Kier molecular flexibility index (Phi) is 4.29. The van der Waals surface area contributed by atoms with Crippen molar-refractivity contribution in [2.24, 2.45) is 0 Å². The van der Waals surface area contributed by atoms with Crippen LogP contribution in [-0.4, -0.2) is 10.5 Å². The summed E-state index contributed by atoms with van der Waals surface area (Å²) in [7, 11) is 0. The second-order valence-electron chi connectivity index (χ2n) is 5.64. The van der Waals surface area contributed by atoms with E-state index < -0.39 is 0 Å². The van der Waals surface area contributed by atoms with Crippen LogP contribution in [0.3, 0.4) is 0 Å². The molecule has 0 atom stereocenters. The number of hydrogen-bond acceptors (Lipinski definition) is 3. The molecule has 4 heteroatoms. The lowest BCUT2D eigenvalue weighted by atomic mass is 10.1. The van der Waals surface area contributed by atoms with Gasteiger partial charge in [-0.2, -0.15) is 0 Å². The Morgan fingerprint density at radius 3 is 2.42 bits per heavy atom. The molecule has 2 aromatic rings. The molecule has 0 saturated heterocycles. The van der Waals surface area contributed by atoms with Crippen LogP contribution >= 0.6 is 22.9 Å². The topological polar surface area (TPSA) is 24.9 Å². The van der Waals surface area contributed by atoms with E-state index in [0.29, 0.717) is 0 Å². The molecule has 1 heterocycles. The minimum atomic E-state index is 0.122. The summed E-state index contributed by atoms with van der Waals surface area (Å²) < 4.78 is 0. The molecule has 19 heavy (non-hydrogen) atoms. The third-order valence-electron chi connectivity index (χ3n) is 2.76. The fourth-order valence-electron chi connectivity index (χ4n) is 1.65. The Labute approximate surface area is 123 Å². The Morgan fingerprint density at radius 2 is 1.84 bits per heavy atom. The van der Waals surface area contributed by atoms with E-state index in [2.05, 4.69) is 38.0 Å². The molecule has 0 fully saturated rings. The van der Waals surface area contributed by atoms with E-state index in [1.54, 1.807) is 11.3 Å². The molecule has 2 rings (SSSR count). The summed E-state index contributed by atoms with van der Waals surface area (Å²) in [6, 6.07) is 7.84. The van der Waals surface area contributed by atoms with Crippen molar-refractivity contribution in [2.45, 2.75) is 39.8 Å². The number of benzene rings is 1. The van der Waals surface area contributed by atoms with Crippen molar-refractivity contribution in [1.82, 2.24) is 10.3 Å². The first-order chi connectivity index (χ1) is 8.85. The van der Waals surface area contributed by atoms with Gasteiger partial charge in [-0.1, -0.05) is 23.7 Å². The fourth-order valence-corrected chi connectivity index (χ4v) is 2.79. The van der Waals surface area contributed by atoms with Gasteiger partial charge in [-0.3, -0.25) is 0 Å². The number of halogens is 1. The largest absolute Gasteiger partial charge is 0.307 e. The number of nitrogens with one attached hydrogen (secondary N) is 1. The average molecular weight is 295 g/mol. The van der Waals surface area contributed by atoms with Gasteiger partial charge in [0.15, 0.2) is 0 Å². The average Bonchev–Trinajstić information content (AvgIpc) is 2.68. The summed E-state index contributed by atoms with van der Waals surface area (Å²) in [5.41, 5.74) is 2.35. The number of hydrogen-bond donors (Lipinski definition) is 1. The first-order valence-electron chi connectivity index (χ1n) is 6.32. The lowest BCUT2D eigenvalue weighted by molar-refractivity contribution is 0.425. The van der Waals surface area contributed by atoms with Gasteiger partial charge in [0, 0.05) is 27.5 Å². The standard InChI is InChI=1S/C15H19ClN2S/c1-10-13(9-17-15(2,3)4)19-14(18-10)11-5-7-12(16)8-6-11/h5-8,17H,9H2,1-4H3. The maximum atomic E-state index is 5.91. The van der Waals surface area contributed by atoms with Crippen molar-refractivity contribution in [3.8, 4) is 10.6 Å². The van der Waals surface area contributed by atoms with Crippen molar-refractivity contribution >= 4 is 22.9 Å². The molecule has 0 aliphatic rings. The predicted octanol–water partition coefficient (Wildman–Crippen LogP) is 4.66. The van der Waals surface area contributed by atoms with Gasteiger partial charge >= 0.3 is 0 Å². The smallest absolute Gasteiger partial charge is 0.123 e. The highest BCUT2D eigenvalue weighted by molar-refractivity contribution is 7.15. The van der Waals surface area contributed by atoms with E-state index in [-0.39, 0.29) is 5.54 Å². The Morgan fingerprint density at radius 1 is 1.21 bits per heavy atom. The van der Waals surface area contributed by atoms with Crippen molar-refractivity contribution < 1.29 is 0 Å². The zero-order valence-electron chi connectivity index (χ0n) is 11.7. The zero-order chi connectivity index (χ0) is 14.0. The van der Waals surface area contributed by atoms with Crippen LogP contribution in [0, 0.1) is 6.92 Å². The van der Waals surface area contributed by atoms with E-state index in [1.165, 1.54) is 4.88 Å². The zero-order valence-corrected chi connectivity index (χ0v) is 13.3. The predicted molar refractivity (Wildman–Crippen MR) is 83.9 cm³/mol. The van der Waals surface area contributed by atoms with Crippen LogP contribution in [-0.2, 0) is 6.54 Å². The summed E-state index contributed by atoms with van der Waals surface area (Å²) in [5, 5.41) is 5.31. The van der Waals surface area contributed by atoms with Crippen LogP contribution in [0.2, 0.25) is 5.02 Å². The first-order valence-corrected chi connectivity index (χ1v) is 7.52. The lowest BCUT2D eigenvalue weighted by Gasteiger charge is -2.19. The van der Waals surface area contributed by atoms with Gasteiger partial charge in [-0.25, -0.2) is 4.98 Å². The molecular formula is C15H19ClN2S. The first kappa shape index (κ1) is 14.5. The monoisotopic (exact) mass is 294 g/mol. The van der Waals surface area contributed by atoms with Gasteiger partial charge in [0.05, 0.1) is 5.69 Å². The molecule has 1 aromatic heterocycles. The quantitative estimate of drug-likeness (QED) is 0.890. The molecule has 102 valence electrons. The maximum absolute atomic E-state index is 5.91. The second kappa shape index (κ2) is 5.61. The highest BCUT2D eigenvalue weighted by Crippen LogP contribution is 2.29. The molecule has 0 amide bonds. The highest BCUT2D eigenvalue weighted by Gasteiger charge is 2.13. The van der Waals surface area contributed by atoms with E-state index in [1.807, 2.05) is 24.3 Å². The summed E-state index contributed by atoms with van der Waals surface area (Å²) in [6.07, 6.45) is 0. The van der Waals surface area contributed by atoms with Crippen LogP contribution < -0.4 is 5.32 Å². The molecular weight excluding hydrogens is 276 g/mol. The van der Waals surface area contributed by atoms with E-state index >= 15 is 0 Å². The molecule has 0 unspecified atom stereocenters. The summed E-state index contributed by atoms with van der Waals surface area (Å²) >= 11 is 7.65. The van der Waals surface area contributed by atoms with Gasteiger partial charge in [0.1, 0.15) is 5.01 Å². The fraction of sp³-hybridized carbons (Fsp3) is 0.400. The molecule has 1 N–H and O–H groups in total. The Bertz CT molecular complexity index is 553. The number of aromatic nitrogens is 1. The summed E-state index contributed by atoms with van der Waals surface area (Å²) in [5.74, 6) is 0. The van der Waals surface area contributed by atoms with E-state index in [4.69, 9.17) is 11.6 Å². The molecule has 0 saturated carbocycles. The second-order valence-corrected chi connectivity index (χ2v) is 7.16. The van der Waals surface area contributed by atoms with E-state index in [0.717, 1.165) is 27.8 Å². The van der Waals surface area contributed by atoms with Gasteiger partial charge < -0.3 is 5.32 Å². The Balaban J connectivity index is 2.19. The van der Waals surface area contributed by atoms with Crippen LogP contribution in [0.15, 0.2) is 24.3 Å². The molecule has 0 radical (unpaired) electrons. The minimum absolute atomic E-state index is 0.122. The molecule has 0 aliphatic carbocycles. The molecule has 0 bridgehead atoms. The molecule has 2 nitrogen and oxygen atoms in total. The minimum Gasteiger partial charge on any atom is -0.307 e. The van der Waals surface area contributed by atoms with Crippen molar-refractivity contribution in [3.05, 3.63) is 39.9 Å². The van der Waals surface area contributed by atoms with Gasteiger partial charge in [0.25, 0.3) is 0 Å².